The van der Waals surface area contributed by atoms with E-state index in [0.29, 0.717) is 18.9 Å². The zero-order valence-electron chi connectivity index (χ0n) is 16.1. The molecule has 1 amide bonds. The van der Waals surface area contributed by atoms with Crippen molar-refractivity contribution < 1.29 is 4.79 Å². The van der Waals surface area contributed by atoms with Gasteiger partial charge < -0.3 is 10.6 Å². The molecule has 3 atom stereocenters. The Bertz CT molecular complexity index is 723. The number of amides is 1. The van der Waals surface area contributed by atoms with Crippen LogP contribution in [0.4, 0.5) is 0 Å². The SMILES string of the molecule is CC(C)CN1CC(c2ccc(C[C@H](N)C(=O)N3CCC[C@H]3C#N)cc2)N=N1. The highest BCUT2D eigenvalue weighted by molar-refractivity contribution is 5.82. The summed E-state index contributed by atoms with van der Waals surface area (Å²) in [4.78, 5) is 14.2. The van der Waals surface area contributed by atoms with E-state index in [1.165, 1.54) is 0 Å². The van der Waals surface area contributed by atoms with Crippen LogP contribution in [0.2, 0.25) is 0 Å². The molecule has 0 spiro atoms. The van der Waals surface area contributed by atoms with Crippen LogP contribution in [0, 0.1) is 17.2 Å². The molecule has 1 fully saturated rings. The third kappa shape index (κ3) is 4.64. The van der Waals surface area contributed by atoms with Gasteiger partial charge in [-0.3, -0.25) is 9.80 Å². The Labute approximate surface area is 160 Å². The predicted molar refractivity (Wildman–Crippen MR) is 102 cm³/mol. The second kappa shape index (κ2) is 8.49. The monoisotopic (exact) mass is 368 g/mol. The van der Waals surface area contributed by atoms with Gasteiger partial charge in [0.05, 0.1) is 18.7 Å². The van der Waals surface area contributed by atoms with Gasteiger partial charge in [-0.2, -0.15) is 10.4 Å². The van der Waals surface area contributed by atoms with E-state index < -0.39 is 6.04 Å². The lowest BCUT2D eigenvalue weighted by Crippen LogP contribution is -2.46. The van der Waals surface area contributed by atoms with Crippen LogP contribution in [0.15, 0.2) is 34.6 Å². The van der Waals surface area contributed by atoms with Crippen LogP contribution in [0.25, 0.3) is 0 Å². The van der Waals surface area contributed by atoms with Crippen LogP contribution >= 0.6 is 0 Å². The number of carbonyl (C=O) groups is 1. The number of benzene rings is 1. The molecule has 7 heteroatoms. The Kier molecular flexibility index (Phi) is 6.07. The topological polar surface area (TPSA) is 98.1 Å². The average Bonchev–Trinajstić information content (AvgIpc) is 3.30. The van der Waals surface area contributed by atoms with Gasteiger partial charge >= 0.3 is 0 Å². The van der Waals surface area contributed by atoms with Gasteiger partial charge in [0, 0.05) is 13.1 Å². The molecule has 7 nitrogen and oxygen atoms in total. The van der Waals surface area contributed by atoms with Gasteiger partial charge in [0.15, 0.2) is 0 Å². The first kappa shape index (κ1) is 19.3. The fraction of sp³-hybridized carbons (Fsp3) is 0.600. The molecule has 1 saturated heterocycles. The molecule has 1 unspecified atom stereocenters. The summed E-state index contributed by atoms with van der Waals surface area (Å²) in [6.07, 6.45) is 2.09. The van der Waals surface area contributed by atoms with E-state index in [1.807, 2.05) is 29.3 Å². The van der Waals surface area contributed by atoms with Crippen molar-refractivity contribution in [3.8, 4) is 6.07 Å². The van der Waals surface area contributed by atoms with Crippen LogP contribution in [-0.4, -0.2) is 47.5 Å². The van der Waals surface area contributed by atoms with Gasteiger partial charge in [0.2, 0.25) is 5.91 Å². The average molecular weight is 368 g/mol. The molecule has 2 N–H and O–H groups in total. The summed E-state index contributed by atoms with van der Waals surface area (Å²) in [5, 5.41) is 19.8. The van der Waals surface area contributed by atoms with Gasteiger partial charge in [-0.25, -0.2) is 0 Å². The molecular formula is C20H28N6O. The summed E-state index contributed by atoms with van der Waals surface area (Å²) in [6, 6.07) is 9.42. The molecule has 2 heterocycles. The zero-order valence-corrected chi connectivity index (χ0v) is 16.1. The molecule has 0 aliphatic carbocycles. The fourth-order valence-corrected chi connectivity index (χ4v) is 3.71. The first-order valence-electron chi connectivity index (χ1n) is 9.68. The zero-order chi connectivity index (χ0) is 19.4. The van der Waals surface area contributed by atoms with Crippen molar-refractivity contribution in [1.29, 1.82) is 5.26 Å². The number of nitrogens with zero attached hydrogens (tertiary/aromatic N) is 5. The van der Waals surface area contributed by atoms with Crippen LogP contribution < -0.4 is 5.73 Å². The van der Waals surface area contributed by atoms with E-state index >= 15 is 0 Å². The summed E-state index contributed by atoms with van der Waals surface area (Å²) in [7, 11) is 0. The lowest BCUT2D eigenvalue weighted by Gasteiger charge is -2.23. The highest BCUT2D eigenvalue weighted by Crippen LogP contribution is 2.26. The van der Waals surface area contributed by atoms with Crippen molar-refractivity contribution in [2.75, 3.05) is 19.6 Å². The number of rotatable bonds is 6. The molecule has 144 valence electrons. The summed E-state index contributed by atoms with van der Waals surface area (Å²) >= 11 is 0. The van der Waals surface area contributed by atoms with Crippen LogP contribution in [0.3, 0.4) is 0 Å². The number of likely N-dealkylation sites (tertiary alicyclic amines) is 1. The largest absolute Gasteiger partial charge is 0.325 e. The smallest absolute Gasteiger partial charge is 0.240 e. The second-order valence-corrected chi connectivity index (χ2v) is 7.86. The molecule has 27 heavy (non-hydrogen) atoms. The molecule has 2 aliphatic rings. The van der Waals surface area contributed by atoms with Crippen molar-refractivity contribution in [2.24, 2.45) is 22.0 Å². The molecule has 0 aromatic heterocycles. The van der Waals surface area contributed by atoms with Gasteiger partial charge in [0.1, 0.15) is 12.1 Å². The van der Waals surface area contributed by atoms with Crippen molar-refractivity contribution >= 4 is 5.91 Å². The van der Waals surface area contributed by atoms with Crippen molar-refractivity contribution in [3.63, 3.8) is 0 Å². The van der Waals surface area contributed by atoms with E-state index in [4.69, 9.17) is 11.0 Å². The normalized spacial score (nSPS) is 23.1. The standard InChI is InChI=1S/C20H28N6O/c1-14(2)12-25-13-19(23-24-25)16-7-5-15(6-8-16)10-18(22)20(27)26-9-3-4-17(26)11-21/h5-8,14,17-19H,3-4,9-10,12-13,22H2,1-2H3/t17-,18-,19?/m0/s1. The van der Waals surface area contributed by atoms with E-state index in [-0.39, 0.29) is 18.0 Å². The summed E-state index contributed by atoms with van der Waals surface area (Å²) in [5.41, 5.74) is 8.27. The highest BCUT2D eigenvalue weighted by Gasteiger charge is 2.31. The lowest BCUT2D eigenvalue weighted by molar-refractivity contribution is -0.132. The van der Waals surface area contributed by atoms with Crippen molar-refractivity contribution in [1.82, 2.24) is 9.91 Å². The third-order valence-corrected chi connectivity index (χ3v) is 5.10. The Morgan fingerprint density at radius 3 is 2.78 bits per heavy atom. The first-order chi connectivity index (χ1) is 13.0. The molecule has 0 saturated carbocycles. The second-order valence-electron chi connectivity index (χ2n) is 7.86. The first-order valence-corrected chi connectivity index (χ1v) is 9.68. The minimum Gasteiger partial charge on any atom is -0.325 e. The van der Waals surface area contributed by atoms with Gasteiger partial charge in [0.25, 0.3) is 0 Å². The Hall–Kier alpha value is -2.46. The third-order valence-electron chi connectivity index (χ3n) is 5.10. The van der Waals surface area contributed by atoms with Crippen LogP contribution in [-0.2, 0) is 11.2 Å². The van der Waals surface area contributed by atoms with Crippen LogP contribution in [0.1, 0.15) is 43.9 Å². The van der Waals surface area contributed by atoms with E-state index in [9.17, 15) is 4.79 Å². The minimum absolute atomic E-state index is 0.0640. The molecular weight excluding hydrogens is 340 g/mol. The summed E-state index contributed by atoms with van der Waals surface area (Å²) in [5.74, 6) is 0.428. The number of hydrogen-bond acceptors (Lipinski definition) is 6. The maximum absolute atomic E-state index is 12.5. The van der Waals surface area contributed by atoms with E-state index in [1.54, 1.807) is 4.90 Å². The fourth-order valence-electron chi connectivity index (χ4n) is 3.71. The number of nitrogens with two attached hydrogens (primary N) is 1. The molecule has 1 aromatic rings. The Morgan fingerprint density at radius 2 is 2.11 bits per heavy atom. The van der Waals surface area contributed by atoms with Crippen molar-refractivity contribution in [2.45, 2.75) is 51.2 Å². The van der Waals surface area contributed by atoms with Crippen LogP contribution in [0.5, 0.6) is 0 Å². The highest BCUT2D eigenvalue weighted by atomic mass is 16.2. The lowest BCUT2D eigenvalue weighted by atomic mass is 10.0. The molecule has 1 aromatic carbocycles. The molecule has 3 rings (SSSR count). The Morgan fingerprint density at radius 1 is 1.37 bits per heavy atom. The van der Waals surface area contributed by atoms with Gasteiger partial charge in [-0.05, 0) is 36.3 Å². The van der Waals surface area contributed by atoms with Gasteiger partial charge in [-0.1, -0.05) is 43.3 Å². The minimum atomic E-state index is -0.613. The number of hydrogen-bond donors (Lipinski definition) is 1. The Balaban J connectivity index is 1.56. The quantitative estimate of drug-likeness (QED) is 0.834. The maximum atomic E-state index is 12.5. The number of nitriles is 1. The predicted octanol–water partition coefficient (Wildman–Crippen LogP) is 2.45. The number of carbonyl (C=O) groups excluding carboxylic acids is 1. The van der Waals surface area contributed by atoms with Gasteiger partial charge in [-0.15, -0.1) is 0 Å². The molecule has 0 bridgehead atoms. The van der Waals surface area contributed by atoms with Crippen molar-refractivity contribution in [3.05, 3.63) is 35.4 Å². The molecule has 0 radical (unpaired) electrons. The summed E-state index contributed by atoms with van der Waals surface area (Å²) < 4.78 is 0. The molecule has 2 aliphatic heterocycles. The van der Waals surface area contributed by atoms with E-state index in [2.05, 4.69) is 30.3 Å². The maximum Gasteiger partial charge on any atom is 0.240 e. The summed E-state index contributed by atoms with van der Waals surface area (Å²) in [6.45, 7) is 6.69. The van der Waals surface area contributed by atoms with E-state index in [0.717, 1.165) is 37.1 Å².